The molecule has 0 atom stereocenters. The lowest BCUT2D eigenvalue weighted by Gasteiger charge is -2.09. The molecule has 0 aromatic heterocycles. The summed E-state index contributed by atoms with van der Waals surface area (Å²) in [7, 11) is 2.91. The summed E-state index contributed by atoms with van der Waals surface area (Å²) in [5, 5.41) is 2.35. The van der Waals surface area contributed by atoms with Crippen molar-refractivity contribution in [3.63, 3.8) is 0 Å². The molecule has 0 aliphatic rings. The Balaban J connectivity index is 2.63. The molecule has 3 N–H and O–H groups in total. The van der Waals surface area contributed by atoms with E-state index in [0.717, 1.165) is 0 Å². The van der Waals surface area contributed by atoms with Crippen LogP contribution in [0.5, 0.6) is 11.5 Å². The van der Waals surface area contributed by atoms with E-state index in [0.29, 0.717) is 11.5 Å². The molecule has 0 unspecified atom stereocenters. The predicted octanol–water partition coefficient (Wildman–Crippen LogP) is -0.538. The van der Waals surface area contributed by atoms with Gasteiger partial charge < -0.3 is 25.3 Å². The minimum atomic E-state index is -0.771. The van der Waals surface area contributed by atoms with Crippen molar-refractivity contribution >= 4 is 17.8 Å². The predicted molar refractivity (Wildman–Crippen MR) is 72.0 cm³/mol. The van der Waals surface area contributed by atoms with Crippen LogP contribution in [-0.2, 0) is 14.3 Å². The number of primary amides is 1. The molecule has 0 fully saturated rings. The largest absolute Gasteiger partial charge is 0.497 e. The van der Waals surface area contributed by atoms with Crippen molar-refractivity contribution in [1.29, 1.82) is 0 Å². The van der Waals surface area contributed by atoms with Crippen molar-refractivity contribution in [2.45, 2.75) is 0 Å². The number of carbonyl (C=O) groups is 3. The fourth-order valence-corrected chi connectivity index (χ4v) is 1.40. The number of nitrogens with two attached hydrogens (primary N) is 1. The van der Waals surface area contributed by atoms with Gasteiger partial charge in [0.05, 0.1) is 14.2 Å². The van der Waals surface area contributed by atoms with Gasteiger partial charge in [-0.05, 0) is 12.1 Å². The van der Waals surface area contributed by atoms with Crippen molar-refractivity contribution < 1.29 is 28.6 Å². The molecule has 0 bridgehead atoms. The summed E-state index contributed by atoms with van der Waals surface area (Å²) >= 11 is 0. The lowest BCUT2D eigenvalue weighted by atomic mass is 10.2. The summed E-state index contributed by atoms with van der Waals surface area (Å²) in [6.45, 7) is -0.909. The average Bonchev–Trinajstić information content (AvgIpc) is 2.49. The molecule has 0 saturated carbocycles. The quantitative estimate of drug-likeness (QED) is 0.653. The summed E-state index contributed by atoms with van der Waals surface area (Å²) in [5.41, 5.74) is 5.08. The summed E-state index contributed by atoms with van der Waals surface area (Å²) in [6.07, 6.45) is 0. The van der Waals surface area contributed by atoms with Crippen molar-refractivity contribution in [2.24, 2.45) is 5.73 Å². The van der Waals surface area contributed by atoms with Crippen LogP contribution in [0.4, 0.5) is 0 Å². The molecule has 0 radical (unpaired) electrons. The Morgan fingerprint density at radius 1 is 1.10 bits per heavy atom. The lowest BCUT2D eigenvalue weighted by Crippen LogP contribution is -2.32. The van der Waals surface area contributed by atoms with Crippen molar-refractivity contribution in [2.75, 3.05) is 27.4 Å². The highest BCUT2D eigenvalue weighted by atomic mass is 16.5. The van der Waals surface area contributed by atoms with E-state index >= 15 is 0 Å². The first-order valence-corrected chi connectivity index (χ1v) is 5.91. The Labute approximate surface area is 121 Å². The summed E-state index contributed by atoms with van der Waals surface area (Å²) in [5.74, 6) is -1.17. The zero-order valence-electron chi connectivity index (χ0n) is 11.7. The van der Waals surface area contributed by atoms with Crippen LogP contribution in [-0.4, -0.2) is 45.2 Å². The lowest BCUT2D eigenvalue weighted by molar-refractivity contribution is -0.146. The van der Waals surface area contributed by atoms with Gasteiger partial charge in [-0.3, -0.25) is 14.4 Å². The normalized spacial score (nSPS) is 9.62. The first-order valence-electron chi connectivity index (χ1n) is 5.91. The third-order valence-electron chi connectivity index (χ3n) is 2.38. The Morgan fingerprint density at radius 3 is 2.14 bits per heavy atom. The fraction of sp³-hybridized carbons (Fsp3) is 0.308. The molecule has 0 saturated heterocycles. The van der Waals surface area contributed by atoms with E-state index in [1.54, 1.807) is 6.07 Å². The molecule has 0 aliphatic carbocycles. The molecular weight excluding hydrogens is 280 g/mol. The van der Waals surface area contributed by atoms with Gasteiger partial charge in [0.25, 0.3) is 11.8 Å². The second-order valence-electron chi connectivity index (χ2n) is 3.91. The van der Waals surface area contributed by atoms with Gasteiger partial charge in [-0.25, -0.2) is 0 Å². The molecule has 2 amide bonds. The van der Waals surface area contributed by atoms with Crippen LogP contribution in [0, 0.1) is 0 Å². The molecule has 0 heterocycles. The second-order valence-corrected chi connectivity index (χ2v) is 3.91. The first kappa shape index (κ1) is 16.3. The second kappa shape index (κ2) is 7.73. The molecule has 0 spiro atoms. The number of rotatable bonds is 7. The van der Waals surface area contributed by atoms with E-state index in [2.05, 4.69) is 10.1 Å². The van der Waals surface area contributed by atoms with Gasteiger partial charge in [0.1, 0.15) is 18.0 Å². The maximum atomic E-state index is 11.9. The minimum Gasteiger partial charge on any atom is -0.497 e. The monoisotopic (exact) mass is 296 g/mol. The third kappa shape index (κ3) is 5.39. The Kier molecular flexibility index (Phi) is 5.99. The maximum Gasteiger partial charge on any atom is 0.325 e. The van der Waals surface area contributed by atoms with Gasteiger partial charge in [0.2, 0.25) is 0 Å². The fourth-order valence-electron chi connectivity index (χ4n) is 1.40. The van der Waals surface area contributed by atoms with Crippen LogP contribution in [0.25, 0.3) is 0 Å². The van der Waals surface area contributed by atoms with Gasteiger partial charge in [0.15, 0.2) is 6.61 Å². The Hall–Kier alpha value is -2.77. The van der Waals surface area contributed by atoms with Crippen LogP contribution in [0.3, 0.4) is 0 Å². The Bertz CT molecular complexity index is 521. The van der Waals surface area contributed by atoms with Crippen molar-refractivity contribution in [3.8, 4) is 11.5 Å². The number of hydrogen-bond acceptors (Lipinski definition) is 6. The van der Waals surface area contributed by atoms with Crippen LogP contribution >= 0.6 is 0 Å². The van der Waals surface area contributed by atoms with Crippen LogP contribution in [0.1, 0.15) is 10.4 Å². The summed E-state index contributed by atoms with van der Waals surface area (Å²) in [4.78, 5) is 33.6. The minimum absolute atomic E-state index is 0.258. The maximum absolute atomic E-state index is 11.9. The number of hydrogen-bond donors (Lipinski definition) is 2. The molecule has 1 aromatic rings. The standard InChI is InChI=1S/C13H16N2O6/c1-19-9-3-8(4-10(5-9)20-2)13(18)15-6-12(17)21-7-11(14)16/h3-5H,6-7H2,1-2H3,(H2,14,16)(H,15,18). The number of nitrogens with one attached hydrogen (secondary N) is 1. The molecule has 0 aliphatic heterocycles. The number of benzene rings is 1. The van der Waals surface area contributed by atoms with Crippen LogP contribution in [0.15, 0.2) is 18.2 Å². The van der Waals surface area contributed by atoms with Crippen molar-refractivity contribution in [3.05, 3.63) is 23.8 Å². The molecule has 114 valence electrons. The highest BCUT2D eigenvalue weighted by Crippen LogP contribution is 2.22. The topological polar surface area (TPSA) is 117 Å². The molecule has 1 aromatic carbocycles. The van der Waals surface area contributed by atoms with Gasteiger partial charge >= 0.3 is 5.97 Å². The highest BCUT2D eigenvalue weighted by Gasteiger charge is 2.12. The van der Waals surface area contributed by atoms with Gasteiger partial charge in [-0.15, -0.1) is 0 Å². The highest BCUT2D eigenvalue weighted by molar-refractivity contribution is 5.96. The average molecular weight is 296 g/mol. The van der Waals surface area contributed by atoms with E-state index in [-0.39, 0.29) is 12.1 Å². The molecule has 8 heteroatoms. The smallest absolute Gasteiger partial charge is 0.325 e. The third-order valence-corrected chi connectivity index (χ3v) is 2.38. The van der Waals surface area contributed by atoms with E-state index in [1.165, 1.54) is 26.4 Å². The number of esters is 1. The van der Waals surface area contributed by atoms with E-state index in [1.807, 2.05) is 0 Å². The van der Waals surface area contributed by atoms with Crippen LogP contribution < -0.4 is 20.5 Å². The van der Waals surface area contributed by atoms with Crippen LogP contribution in [0.2, 0.25) is 0 Å². The number of ether oxygens (including phenoxy) is 3. The van der Waals surface area contributed by atoms with Gasteiger partial charge in [-0.2, -0.15) is 0 Å². The SMILES string of the molecule is COc1cc(OC)cc(C(=O)NCC(=O)OCC(N)=O)c1. The molecule has 8 nitrogen and oxygen atoms in total. The van der Waals surface area contributed by atoms with Crippen molar-refractivity contribution in [1.82, 2.24) is 5.32 Å². The first-order chi connectivity index (χ1) is 9.96. The van der Waals surface area contributed by atoms with E-state index in [4.69, 9.17) is 15.2 Å². The van der Waals surface area contributed by atoms with Gasteiger partial charge in [-0.1, -0.05) is 0 Å². The van der Waals surface area contributed by atoms with E-state index in [9.17, 15) is 14.4 Å². The molecule has 21 heavy (non-hydrogen) atoms. The zero-order valence-corrected chi connectivity index (χ0v) is 11.7. The molecule has 1 rings (SSSR count). The van der Waals surface area contributed by atoms with E-state index < -0.39 is 24.4 Å². The number of amides is 2. The molecular formula is C13H16N2O6. The number of carbonyl (C=O) groups excluding carboxylic acids is 3. The zero-order chi connectivity index (χ0) is 15.8. The Morgan fingerprint density at radius 2 is 1.67 bits per heavy atom. The summed E-state index contributed by atoms with van der Waals surface area (Å²) in [6, 6.07) is 4.59. The van der Waals surface area contributed by atoms with Gasteiger partial charge in [0, 0.05) is 11.6 Å². The summed E-state index contributed by atoms with van der Waals surface area (Å²) < 4.78 is 14.6. The number of methoxy groups -OCH3 is 2.